The van der Waals surface area contributed by atoms with Gasteiger partial charge in [-0.2, -0.15) is 5.10 Å². The number of nitrogens with zero attached hydrogens (tertiary/aromatic N) is 2. The largest absolute Gasteiger partial charge is 0.493 e. The van der Waals surface area contributed by atoms with Crippen molar-refractivity contribution in [3.63, 3.8) is 0 Å². The molecule has 2 aliphatic heterocycles. The van der Waals surface area contributed by atoms with E-state index in [9.17, 15) is 17.6 Å². The molecule has 1 unspecified atom stereocenters. The lowest BCUT2D eigenvalue weighted by molar-refractivity contribution is -0.130. The molecule has 2 aliphatic rings. The Morgan fingerprint density at radius 3 is 2.53 bits per heavy atom. The van der Waals surface area contributed by atoms with Crippen molar-refractivity contribution in [1.82, 2.24) is 5.01 Å². The van der Waals surface area contributed by atoms with Gasteiger partial charge in [-0.05, 0) is 58.7 Å². The Kier molecular flexibility index (Phi) is 5.69. The van der Waals surface area contributed by atoms with Crippen LogP contribution in [0.15, 0.2) is 76.7 Å². The number of benzene rings is 3. The van der Waals surface area contributed by atoms with Gasteiger partial charge in [0.2, 0.25) is 5.91 Å². The zero-order chi connectivity index (χ0) is 23.9. The van der Waals surface area contributed by atoms with Crippen molar-refractivity contribution in [2.45, 2.75) is 36.5 Å². The highest BCUT2D eigenvalue weighted by molar-refractivity contribution is 7.90. The van der Waals surface area contributed by atoms with Crippen LogP contribution >= 0.6 is 0 Å². The molecule has 0 saturated heterocycles. The molecule has 0 N–H and O–H groups in total. The third kappa shape index (κ3) is 4.33. The molecule has 3 aromatic rings. The third-order valence-electron chi connectivity index (χ3n) is 6.15. The molecule has 0 spiro atoms. The number of carbonyl (C=O) groups excluding carboxylic acids is 1. The average Bonchev–Trinajstić information content (AvgIpc) is 3.46. The van der Waals surface area contributed by atoms with Crippen LogP contribution < -0.4 is 4.74 Å². The van der Waals surface area contributed by atoms with Gasteiger partial charge >= 0.3 is 0 Å². The Morgan fingerprint density at radius 1 is 1.09 bits per heavy atom. The van der Waals surface area contributed by atoms with Crippen LogP contribution in [-0.4, -0.2) is 31.7 Å². The first-order valence-corrected chi connectivity index (χ1v) is 12.7. The van der Waals surface area contributed by atoms with Gasteiger partial charge in [-0.3, -0.25) is 4.79 Å². The van der Waals surface area contributed by atoms with Gasteiger partial charge in [-0.25, -0.2) is 17.8 Å². The van der Waals surface area contributed by atoms with Gasteiger partial charge in [0.25, 0.3) is 0 Å². The van der Waals surface area contributed by atoms with Crippen molar-refractivity contribution in [2.24, 2.45) is 5.10 Å². The summed E-state index contributed by atoms with van der Waals surface area (Å²) >= 11 is 0. The summed E-state index contributed by atoms with van der Waals surface area (Å²) in [5, 5.41) is 6.10. The van der Waals surface area contributed by atoms with Crippen LogP contribution in [0.4, 0.5) is 4.39 Å². The molecule has 3 aromatic carbocycles. The molecule has 0 fully saturated rings. The van der Waals surface area contributed by atoms with Gasteiger partial charge < -0.3 is 4.74 Å². The summed E-state index contributed by atoms with van der Waals surface area (Å²) in [6, 6.07) is 17.8. The predicted molar refractivity (Wildman–Crippen MR) is 126 cm³/mol. The highest BCUT2D eigenvalue weighted by atomic mass is 32.2. The van der Waals surface area contributed by atoms with Gasteiger partial charge in [0.15, 0.2) is 9.84 Å². The maximum Gasteiger partial charge on any atom is 0.240 e. The predicted octanol–water partition coefficient (Wildman–Crippen LogP) is 4.43. The highest BCUT2D eigenvalue weighted by Gasteiger charge is 2.32. The number of sulfone groups is 1. The molecule has 6 nitrogen and oxygen atoms in total. The summed E-state index contributed by atoms with van der Waals surface area (Å²) in [6.45, 7) is 2.17. The van der Waals surface area contributed by atoms with Crippen LogP contribution in [0.5, 0.6) is 5.75 Å². The van der Waals surface area contributed by atoms with Crippen LogP contribution in [0.25, 0.3) is 0 Å². The molecule has 0 bridgehead atoms. The molecule has 1 atom stereocenters. The van der Waals surface area contributed by atoms with Crippen molar-refractivity contribution in [1.29, 1.82) is 0 Å². The van der Waals surface area contributed by atoms with E-state index in [-0.39, 0.29) is 22.6 Å². The molecule has 0 aliphatic carbocycles. The minimum Gasteiger partial charge on any atom is -0.493 e. The fourth-order valence-corrected chi connectivity index (χ4v) is 5.74. The minimum atomic E-state index is -3.59. The summed E-state index contributed by atoms with van der Waals surface area (Å²) in [5.74, 6) is 0.0825. The summed E-state index contributed by atoms with van der Waals surface area (Å²) in [7, 11) is -3.59. The molecular weight excluding hydrogens is 455 g/mol. The first-order valence-electron chi connectivity index (χ1n) is 11.0. The first-order chi connectivity index (χ1) is 16.3. The molecule has 1 amide bonds. The van der Waals surface area contributed by atoms with E-state index in [1.54, 1.807) is 12.1 Å². The lowest BCUT2D eigenvalue weighted by atomic mass is 9.96. The Labute approximate surface area is 197 Å². The van der Waals surface area contributed by atoms with Gasteiger partial charge in [-0.15, -0.1) is 0 Å². The smallest absolute Gasteiger partial charge is 0.240 e. The fourth-order valence-electron chi connectivity index (χ4n) is 4.39. The van der Waals surface area contributed by atoms with Crippen molar-refractivity contribution in [2.75, 3.05) is 6.61 Å². The topological polar surface area (TPSA) is 76.0 Å². The van der Waals surface area contributed by atoms with Gasteiger partial charge in [0.1, 0.15) is 11.6 Å². The maximum atomic E-state index is 13.1. The average molecular weight is 479 g/mol. The van der Waals surface area contributed by atoms with Crippen molar-refractivity contribution in [3.8, 4) is 5.75 Å². The lowest BCUT2D eigenvalue weighted by Crippen LogP contribution is -2.24. The number of fused-ring (bicyclic) bond motifs is 1. The van der Waals surface area contributed by atoms with Crippen molar-refractivity contribution in [3.05, 3.63) is 94.8 Å². The van der Waals surface area contributed by atoms with Crippen LogP contribution in [0.1, 0.15) is 41.6 Å². The Morgan fingerprint density at radius 2 is 1.82 bits per heavy atom. The third-order valence-corrected chi connectivity index (χ3v) is 7.85. The Bertz CT molecular complexity index is 1380. The molecule has 5 rings (SSSR count). The van der Waals surface area contributed by atoms with E-state index in [0.717, 1.165) is 46.7 Å². The summed E-state index contributed by atoms with van der Waals surface area (Å²) in [4.78, 5) is 12.4. The van der Waals surface area contributed by atoms with E-state index >= 15 is 0 Å². The normalized spacial score (nSPS) is 17.3. The number of hydrogen-bond acceptors (Lipinski definition) is 5. The minimum absolute atomic E-state index is 0.0813. The van der Waals surface area contributed by atoms with E-state index < -0.39 is 15.7 Å². The van der Waals surface area contributed by atoms with Gasteiger partial charge in [0.05, 0.1) is 29.0 Å². The summed E-state index contributed by atoms with van der Waals surface area (Å²) in [6.07, 6.45) is 1.42. The number of hydrazone groups is 1. The quantitative estimate of drug-likeness (QED) is 0.509. The van der Waals surface area contributed by atoms with Crippen LogP contribution in [0, 0.1) is 5.82 Å². The number of ether oxygens (including phenoxy) is 1. The monoisotopic (exact) mass is 478 g/mol. The van der Waals surface area contributed by atoms with Gasteiger partial charge in [-0.1, -0.05) is 30.3 Å². The lowest BCUT2D eigenvalue weighted by Gasteiger charge is -2.21. The molecular formula is C26H23FN2O4S. The zero-order valence-corrected chi connectivity index (χ0v) is 19.4. The molecule has 0 saturated carbocycles. The molecule has 34 heavy (non-hydrogen) atoms. The highest BCUT2D eigenvalue weighted by Crippen LogP contribution is 2.36. The Hall–Kier alpha value is -3.52. The van der Waals surface area contributed by atoms with E-state index in [2.05, 4.69) is 11.2 Å². The number of halogens is 1. The van der Waals surface area contributed by atoms with E-state index in [1.165, 1.54) is 24.1 Å². The SMILES string of the molecule is CC(=O)N1N=C(c2ccc(CS(=O)(=O)c3ccc(F)cc3)cc2)CC1c1ccc2c(c1)CCO2. The zero-order valence-electron chi connectivity index (χ0n) is 18.6. The molecule has 8 heteroatoms. The molecule has 0 aromatic heterocycles. The second-order valence-corrected chi connectivity index (χ2v) is 10.5. The molecule has 2 heterocycles. The number of rotatable bonds is 5. The number of carbonyl (C=O) groups is 1. The number of hydrogen-bond donors (Lipinski definition) is 0. The fraction of sp³-hybridized carbons (Fsp3) is 0.231. The van der Waals surface area contributed by atoms with Crippen molar-refractivity contribution < 1.29 is 22.3 Å². The van der Waals surface area contributed by atoms with Crippen LogP contribution in [-0.2, 0) is 26.8 Å². The maximum absolute atomic E-state index is 13.1. The second-order valence-electron chi connectivity index (χ2n) is 8.51. The molecule has 174 valence electrons. The second kappa shape index (κ2) is 8.68. The van der Waals surface area contributed by atoms with E-state index in [1.807, 2.05) is 24.3 Å². The van der Waals surface area contributed by atoms with Crippen molar-refractivity contribution >= 4 is 21.5 Å². The van der Waals surface area contributed by atoms with E-state index in [0.29, 0.717) is 18.6 Å². The summed E-state index contributed by atoms with van der Waals surface area (Å²) < 4.78 is 44.0. The Balaban J connectivity index is 1.35. The standard InChI is InChI=1S/C26H23FN2O4S/c1-17(30)29-25(20-6-11-26-21(14-20)12-13-33-26)15-24(28-29)19-4-2-18(3-5-19)16-34(31,32)23-9-7-22(27)8-10-23/h2-11,14,25H,12-13,15-16H2,1H3. The van der Waals surface area contributed by atoms with Gasteiger partial charge in [0, 0.05) is 19.8 Å². The first kappa shape index (κ1) is 22.3. The van der Waals surface area contributed by atoms with Crippen LogP contribution in [0.3, 0.4) is 0 Å². The number of amides is 1. The summed E-state index contributed by atoms with van der Waals surface area (Å²) in [5.41, 5.74) is 4.37. The molecule has 0 radical (unpaired) electrons. The van der Waals surface area contributed by atoms with Crippen LogP contribution in [0.2, 0.25) is 0 Å². The van der Waals surface area contributed by atoms with E-state index in [4.69, 9.17) is 4.74 Å².